The normalized spacial score (nSPS) is 24.0. The van der Waals surface area contributed by atoms with Gasteiger partial charge < -0.3 is 24.3 Å². The number of ether oxygens (including phenoxy) is 2. The molecule has 4 aliphatic rings. The van der Waals surface area contributed by atoms with E-state index in [1.807, 2.05) is 46.3 Å². The van der Waals surface area contributed by atoms with Crippen LogP contribution in [0.15, 0.2) is 48.7 Å². The Morgan fingerprint density at radius 3 is 2.26 bits per heavy atom. The van der Waals surface area contributed by atoms with Gasteiger partial charge in [0.15, 0.2) is 11.5 Å². The number of aromatic nitrogens is 1. The molecule has 2 aromatic carbocycles. The van der Waals surface area contributed by atoms with Gasteiger partial charge in [0.2, 0.25) is 11.8 Å². The summed E-state index contributed by atoms with van der Waals surface area (Å²) in [5, 5.41) is 1.18. The molecule has 0 unspecified atom stereocenters. The molecule has 7 heteroatoms. The molecule has 3 aromatic rings. The monoisotopic (exact) mass is 585 g/mol. The zero-order valence-electron chi connectivity index (χ0n) is 26.2. The van der Waals surface area contributed by atoms with E-state index in [0.717, 1.165) is 36.8 Å². The molecule has 4 bridgehead atoms. The summed E-state index contributed by atoms with van der Waals surface area (Å²) in [6.45, 7) is 6.00. The molecule has 4 fully saturated rings. The van der Waals surface area contributed by atoms with Gasteiger partial charge in [-0.2, -0.15) is 0 Å². The van der Waals surface area contributed by atoms with E-state index in [1.165, 1.54) is 30.2 Å². The number of rotatable bonds is 12. The molecule has 4 aliphatic carbocycles. The summed E-state index contributed by atoms with van der Waals surface area (Å²) in [4.78, 5) is 35.9. The number of H-pyrrole nitrogens is 1. The van der Waals surface area contributed by atoms with Crippen LogP contribution in [0.2, 0.25) is 0 Å². The van der Waals surface area contributed by atoms with Crippen molar-refractivity contribution in [2.75, 3.05) is 33.9 Å². The van der Waals surface area contributed by atoms with Crippen LogP contribution in [0.4, 0.5) is 0 Å². The lowest BCUT2D eigenvalue weighted by Crippen LogP contribution is -2.56. The fourth-order valence-electron chi connectivity index (χ4n) is 8.72. The van der Waals surface area contributed by atoms with Crippen LogP contribution in [0, 0.1) is 29.1 Å². The van der Waals surface area contributed by atoms with Crippen LogP contribution in [-0.4, -0.2) is 60.5 Å². The highest BCUT2D eigenvalue weighted by Crippen LogP contribution is 2.60. The van der Waals surface area contributed by atoms with E-state index in [0.29, 0.717) is 48.9 Å². The lowest BCUT2D eigenvalue weighted by Gasteiger charge is -2.56. The summed E-state index contributed by atoms with van der Waals surface area (Å²) in [5.41, 5.74) is 2.99. The van der Waals surface area contributed by atoms with Gasteiger partial charge in [-0.25, -0.2) is 0 Å². The molecule has 0 atom stereocenters. The molecule has 1 heterocycles. The molecular formula is C36H47N3O4. The number of hydrogen-bond acceptors (Lipinski definition) is 4. The van der Waals surface area contributed by atoms with Crippen LogP contribution < -0.4 is 9.47 Å². The Morgan fingerprint density at radius 1 is 0.930 bits per heavy atom. The molecule has 0 radical (unpaired) electrons. The summed E-state index contributed by atoms with van der Waals surface area (Å²) in [5.74, 6) is 3.87. The van der Waals surface area contributed by atoms with Crippen LogP contribution in [-0.2, 0) is 22.6 Å². The van der Waals surface area contributed by atoms with Crippen molar-refractivity contribution in [1.82, 2.24) is 14.8 Å². The van der Waals surface area contributed by atoms with Gasteiger partial charge in [0.25, 0.3) is 0 Å². The first-order chi connectivity index (χ1) is 20.8. The second-order valence-corrected chi connectivity index (χ2v) is 13.9. The number of nitrogens with one attached hydrogen (secondary N) is 1. The third kappa shape index (κ3) is 6.13. The topological polar surface area (TPSA) is 74.9 Å². The van der Waals surface area contributed by atoms with E-state index in [-0.39, 0.29) is 29.7 Å². The number of carbonyl (C=O) groups is 2. The minimum Gasteiger partial charge on any atom is -0.493 e. The van der Waals surface area contributed by atoms with Crippen molar-refractivity contribution < 1.29 is 19.1 Å². The molecule has 43 heavy (non-hydrogen) atoms. The SMILES string of the molecule is COc1ccc(CN(CCc2c[nH]c3ccccc23)C(=O)CN(CC(C)C)C(=O)C23CC4CC(CC(C4)C2)C3)cc1OC. The second-order valence-electron chi connectivity index (χ2n) is 13.9. The molecule has 0 spiro atoms. The largest absolute Gasteiger partial charge is 0.493 e. The summed E-state index contributed by atoms with van der Waals surface area (Å²) in [7, 11) is 3.25. The Labute approximate surface area is 255 Å². The maximum atomic E-state index is 14.4. The highest BCUT2D eigenvalue weighted by Gasteiger charge is 2.55. The van der Waals surface area contributed by atoms with Crippen molar-refractivity contribution in [3.63, 3.8) is 0 Å². The third-order valence-corrected chi connectivity index (χ3v) is 10.2. The van der Waals surface area contributed by atoms with E-state index < -0.39 is 0 Å². The van der Waals surface area contributed by atoms with Crippen LogP contribution in [0.1, 0.15) is 63.5 Å². The van der Waals surface area contributed by atoms with Gasteiger partial charge in [0, 0.05) is 36.7 Å². The Morgan fingerprint density at radius 2 is 1.60 bits per heavy atom. The number of fused-ring (bicyclic) bond motifs is 1. The number of carbonyl (C=O) groups excluding carboxylic acids is 2. The number of hydrogen-bond donors (Lipinski definition) is 1. The van der Waals surface area contributed by atoms with Crippen molar-refractivity contribution in [2.45, 2.75) is 65.3 Å². The van der Waals surface area contributed by atoms with Crippen molar-refractivity contribution >= 4 is 22.7 Å². The Kier molecular flexibility index (Phi) is 8.43. The van der Waals surface area contributed by atoms with Crippen molar-refractivity contribution in [3.05, 3.63) is 59.8 Å². The minimum absolute atomic E-state index is 0.00615. The molecule has 0 saturated heterocycles. The molecule has 230 valence electrons. The van der Waals surface area contributed by atoms with Crippen LogP contribution in [0.3, 0.4) is 0 Å². The highest BCUT2D eigenvalue weighted by atomic mass is 16.5. The predicted octanol–water partition coefficient (Wildman–Crippen LogP) is 6.46. The molecule has 4 saturated carbocycles. The molecule has 2 amide bonds. The maximum Gasteiger partial charge on any atom is 0.242 e. The van der Waals surface area contributed by atoms with E-state index >= 15 is 0 Å². The Bertz CT molecular complexity index is 1420. The lowest BCUT2D eigenvalue weighted by molar-refractivity contribution is -0.160. The van der Waals surface area contributed by atoms with Gasteiger partial charge in [0.05, 0.1) is 26.2 Å². The summed E-state index contributed by atoms with van der Waals surface area (Å²) < 4.78 is 11.0. The van der Waals surface area contributed by atoms with Gasteiger partial charge in [-0.05, 0) is 97.9 Å². The van der Waals surface area contributed by atoms with Gasteiger partial charge in [-0.15, -0.1) is 0 Å². The standard InChI is InChI=1S/C36H47N3O4/c1-24(2)21-39(35(41)36-17-26-13-27(18-36)15-28(14-26)19-36)23-34(40)38(22-25-9-10-32(42-3)33(16-25)43-4)12-11-29-20-37-31-8-6-5-7-30(29)31/h5-10,16,20,24,26-28,37H,11-15,17-19,21-23H2,1-4H3. The summed E-state index contributed by atoms with van der Waals surface area (Å²) in [6.07, 6.45) is 9.68. The molecule has 1 aromatic heterocycles. The number of aromatic amines is 1. The van der Waals surface area contributed by atoms with E-state index in [1.54, 1.807) is 14.2 Å². The number of benzene rings is 2. The molecule has 1 N–H and O–H groups in total. The highest BCUT2D eigenvalue weighted by molar-refractivity contribution is 5.88. The number of amides is 2. The van der Waals surface area contributed by atoms with Gasteiger partial charge in [0.1, 0.15) is 0 Å². The van der Waals surface area contributed by atoms with Crippen LogP contribution >= 0.6 is 0 Å². The zero-order valence-corrected chi connectivity index (χ0v) is 26.2. The molecule has 7 rings (SSSR count). The first-order valence-electron chi connectivity index (χ1n) is 16.1. The Hall–Kier alpha value is -3.48. The maximum absolute atomic E-state index is 14.4. The van der Waals surface area contributed by atoms with E-state index in [4.69, 9.17) is 9.47 Å². The first kappa shape index (κ1) is 29.6. The number of methoxy groups -OCH3 is 2. The fourth-order valence-corrected chi connectivity index (χ4v) is 8.72. The minimum atomic E-state index is -0.262. The first-order valence-corrected chi connectivity index (χ1v) is 16.1. The average molecular weight is 586 g/mol. The third-order valence-electron chi connectivity index (χ3n) is 10.2. The predicted molar refractivity (Wildman–Crippen MR) is 169 cm³/mol. The van der Waals surface area contributed by atoms with Crippen LogP contribution in [0.5, 0.6) is 11.5 Å². The van der Waals surface area contributed by atoms with Crippen LogP contribution in [0.25, 0.3) is 10.9 Å². The van der Waals surface area contributed by atoms with Gasteiger partial charge >= 0.3 is 0 Å². The lowest BCUT2D eigenvalue weighted by atomic mass is 9.49. The Balaban J connectivity index is 1.24. The number of para-hydroxylation sites is 1. The van der Waals surface area contributed by atoms with Gasteiger partial charge in [-0.3, -0.25) is 9.59 Å². The van der Waals surface area contributed by atoms with E-state index in [2.05, 4.69) is 31.0 Å². The summed E-state index contributed by atoms with van der Waals surface area (Å²) >= 11 is 0. The smallest absolute Gasteiger partial charge is 0.242 e. The van der Waals surface area contributed by atoms with Crippen molar-refractivity contribution in [2.24, 2.45) is 29.1 Å². The molecule has 7 nitrogen and oxygen atoms in total. The van der Waals surface area contributed by atoms with Crippen molar-refractivity contribution in [3.8, 4) is 11.5 Å². The fraction of sp³-hybridized carbons (Fsp3) is 0.556. The second kappa shape index (κ2) is 12.3. The molecular weight excluding hydrogens is 538 g/mol. The molecule has 0 aliphatic heterocycles. The van der Waals surface area contributed by atoms with Gasteiger partial charge in [-0.1, -0.05) is 38.1 Å². The quantitative estimate of drug-likeness (QED) is 0.265. The zero-order chi connectivity index (χ0) is 30.1. The number of nitrogens with zero attached hydrogens (tertiary/aromatic N) is 2. The summed E-state index contributed by atoms with van der Waals surface area (Å²) in [6, 6.07) is 14.1. The average Bonchev–Trinajstić information content (AvgIpc) is 3.40. The van der Waals surface area contributed by atoms with Crippen molar-refractivity contribution in [1.29, 1.82) is 0 Å². The van der Waals surface area contributed by atoms with E-state index in [9.17, 15) is 9.59 Å².